The van der Waals surface area contributed by atoms with Crippen LogP contribution in [0.2, 0.25) is 0 Å². The summed E-state index contributed by atoms with van der Waals surface area (Å²) in [6, 6.07) is 7.66. The van der Waals surface area contributed by atoms with Gasteiger partial charge in [0.15, 0.2) is 0 Å². The zero-order valence-corrected chi connectivity index (χ0v) is 8.80. The summed E-state index contributed by atoms with van der Waals surface area (Å²) < 4.78 is 5.15. The molecule has 0 fully saturated rings. The fourth-order valence-electron chi connectivity index (χ4n) is 1.58. The van der Waals surface area contributed by atoms with Crippen LogP contribution in [0.3, 0.4) is 0 Å². The normalized spacial score (nSPS) is 9.81. The van der Waals surface area contributed by atoms with Crippen molar-refractivity contribution >= 4 is 16.9 Å². The quantitative estimate of drug-likeness (QED) is 0.580. The molecule has 4 heteroatoms. The Labute approximate surface area is 92.6 Å². The van der Waals surface area contributed by atoms with Gasteiger partial charge in [-0.25, -0.2) is 14.8 Å². The van der Waals surface area contributed by atoms with E-state index in [9.17, 15) is 4.79 Å². The predicted octanol–water partition coefficient (Wildman–Crippen LogP) is 2.08. The SMILES string of the molecule is COc1nccc2cc(CN=C=O)ccc12. The van der Waals surface area contributed by atoms with Gasteiger partial charge in [-0.1, -0.05) is 6.07 Å². The molecule has 0 N–H and O–H groups in total. The molecule has 0 saturated heterocycles. The Balaban J connectivity index is 2.50. The zero-order valence-electron chi connectivity index (χ0n) is 8.80. The molecule has 0 atom stereocenters. The first-order valence-electron chi connectivity index (χ1n) is 4.80. The van der Waals surface area contributed by atoms with Crippen LogP contribution in [-0.2, 0) is 11.3 Å². The van der Waals surface area contributed by atoms with Crippen LogP contribution in [-0.4, -0.2) is 18.2 Å². The van der Waals surface area contributed by atoms with Crippen LogP contribution in [0.15, 0.2) is 35.5 Å². The van der Waals surface area contributed by atoms with Gasteiger partial charge >= 0.3 is 0 Å². The monoisotopic (exact) mass is 214 g/mol. The molecule has 80 valence electrons. The fourth-order valence-corrected chi connectivity index (χ4v) is 1.58. The topological polar surface area (TPSA) is 51.6 Å². The number of methoxy groups -OCH3 is 1. The van der Waals surface area contributed by atoms with Gasteiger partial charge in [0.2, 0.25) is 12.0 Å². The second kappa shape index (κ2) is 4.55. The summed E-state index contributed by atoms with van der Waals surface area (Å²) in [5.74, 6) is 0.600. The maximum absolute atomic E-state index is 10.0. The Bertz CT molecular complexity index is 560. The third-order valence-electron chi connectivity index (χ3n) is 2.31. The van der Waals surface area contributed by atoms with E-state index >= 15 is 0 Å². The van der Waals surface area contributed by atoms with Gasteiger partial charge in [0.1, 0.15) is 0 Å². The van der Waals surface area contributed by atoms with Gasteiger partial charge in [-0.15, -0.1) is 0 Å². The molecular formula is C12H10N2O2. The number of isocyanates is 1. The number of carbonyl (C=O) groups excluding carboxylic acids is 1. The zero-order chi connectivity index (χ0) is 11.4. The number of nitrogens with zero attached hydrogens (tertiary/aromatic N) is 2. The molecule has 2 aromatic rings. The third kappa shape index (κ3) is 1.92. The Morgan fingerprint density at radius 3 is 3.06 bits per heavy atom. The van der Waals surface area contributed by atoms with Gasteiger partial charge in [-0.3, -0.25) is 0 Å². The highest BCUT2D eigenvalue weighted by molar-refractivity contribution is 5.87. The Hall–Kier alpha value is -2.19. The van der Waals surface area contributed by atoms with E-state index in [4.69, 9.17) is 4.74 Å². The highest BCUT2D eigenvalue weighted by Crippen LogP contribution is 2.23. The standard InChI is InChI=1S/C12H10N2O2/c1-16-12-11-3-2-9(7-13-8-15)6-10(11)4-5-14-12/h2-6H,7H2,1H3. The van der Waals surface area contributed by atoms with Crippen molar-refractivity contribution in [3.8, 4) is 5.88 Å². The lowest BCUT2D eigenvalue weighted by Crippen LogP contribution is -1.89. The average Bonchev–Trinajstić information content (AvgIpc) is 2.35. The van der Waals surface area contributed by atoms with E-state index in [0.717, 1.165) is 16.3 Å². The molecule has 0 bridgehead atoms. The van der Waals surface area contributed by atoms with Crippen LogP contribution in [0.25, 0.3) is 10.8 Å². The molecule has 0 aliphatic rings. The van der Waals surface area contributed by atoms with E-state index in [-0.39, 0.29) is 0 Å². The molecular weight excluding hydrogens is 204 g/mol. The first kappa shape index (κ1) is 10.3. The van der Waals surface area contributed by atoms with Crippen molar-refractivity contribution in [2.45, 2.75) is 6.54 Å². The average molecular weight is 214 g/mol. The van der Waals surface area contributed by atoms with Gasteiger partial charge in [0.05, 0.1) is 13.7 Å². The van der Waals surface area contributed by atoms with Crippen LogP contribution in [0.5, 0.6) is 5.88 Å². The summed E-state index contributed by atoms with van der Waals surface area (Å²) in [6.45, 7) is 0.351. The van der Waals surface area contributed by atoms with E-state index in [1.165, 1.54) is 6.08 Å². The number of ether oxygens (including phenoxy) is 1. The van der Waals surface area contributed by atoms with Crippen molar-refractivity contribution in [2.24, 2.45) is 4.99 Å². The van der Waals surface area contributed by atoms with E-state index in [2.05, 4.69) is 9.98 Å². The number of aliphatic imine (C=N–C) groups is 1. The Morgan fingerprint density at radius 1 is 1.44 bits per heavy atom. The van der Waals surface area contributed by atoms with Crippen molar-refractivity contribution in [1.29, 1.82) is 0 Å². The highest BCUT2D eigenvalue weighted by atomic mass is 16.5. The number of hydrogen-bond donors (Lipinski definition) is 0. The molecule has 0 aliphatic carbocycles. The van der Waals surface area contributed by atoms with E-state index in [1.54, 1.807) is 13.3 Å². The van der Waals surface area contributed by atoms with E-state index < -0.39 is 0 Å². The molecule has 0 amide bonds. The van der Waals surface area contributed by atoms with Crippen LogP contribution < -0.4 is 4.74 Å². The molecule has 0 spiro atoms. The number of pyridine rings is 1. The van der Waals surface area contributed by atoms with E-state index in [0.29, 0.717) is 12.4 Å². The van der Waals surface area contributed by atoms with Gasteiger partial charge in [-0.2, -0.15) is 0 Å². The largest absolute Gasteiger partial charge is 0.481 e. The predicted molar refractivity (Wildman–Crippen MR) is 60.1 cm³/mol. The maximum atomic E-state index is 10.0. The second-order valence-corrected chi connectivity index (χ2v) is 3.28. The molecule has 1 aromatic carbocycles. The molecule has 0 radical (unpaired) electrons. The Morgan fingerprint density at radius 2 is 2.31 bits per heavy atom. The third-order valence-corrected chi connectivity index (χ3v) is 2.31. The summed E-state index contributed by atoms with van der Waals surface area (Å²) >= 11 is 0. The lowest BCUT2D eigenvalue weighted by molar-refractivity contribution is 0.403. The summed E-state index contributed by atoms with van der Waals surface area (Å²) in [6.07, 6.45) is 3.21. The van der Waals surface area contributed by atoms with Crippen LogP contribution in [0.4, 0.5) is 0 Å². The van der Waals surface area contributed by atoms with Gasteiger partial charge < -0.3 is 4.74 Å². The number of rotatable bonds is 3. The second-order valence-electron chi connectivity index (χ2n) is 3.28. The molecule has 1 aromatic heterocycles. The smallest absolute Gasteiger partial charge is 0.235 e. The van der Waals surface area contributed by atoms with Crippen molar-refractivity contribution in [1.82, 2.24) is 4.98 Å². The van der Waals surface area contributed by atoms with Gasteiger partial charge in [-0.05, 0) is 29.1 Å². The minimum absolute atomic E-state index is 0.351. The minimum Gasteiger partial charge on any atom is -0.481 e. The molecule has 2 rings (SSSR count). The number of fused-ring (bicyclic) bond motifs is 1. The van der Waals surface area contributed by atoms with E-state index in [1.807, 2.05) is 24.3 Å². The lowest BCUT2D eigenvalue weighted by Gasteiger charge is -2.04. The summed E-state index contributed by atoms with van der Waals surface area (Å²) in [7, 11) is 1.59. The van der Waals surface area contributed by atoms with Crippen molar-refractivity contribution in [2.75, 3.05) is 7.11 Å². The minimum atomic E-state index is 0.351. The number of benzene rings is 1. The molecule has 0 saturated carbocycles. The molecule has 0 unspecified atom stereocenters. The molecule has 16 heavy (non-hydrogen) atoms. The van der Waals surface area contributed by atoms with Crippen LogP contribution in [0, 0.1) is 0 Å². The first-order chi connectivity index (χ1) is 7.85. The van der Waals surface area contributed by atoms with Crippen molar-refractivity contribution < 1.29 is 9.53 Å². The number of aromatic nitrogens is 1. The van der Waals surface area contributed by atoms with Crippen molar-refractivity contribution in [3.05, 3.63) is 36.0 Å². The summed E-state index contributed by atoms with van der Waals surface area (Å²) in [5, 5.41) is 1.97. The maximum Gasteiger partial charge on any atom is 0.235 e. The Kier molecular flexibility index (Phi) is 2.94. The molecule has 4 nitrogen and oxygen atoms in total. The summed E-state index contributed by atoms with van der Waals surface area (Å²) in [4.78, 5) is 17.7. The highest BCUT2D eigenvalue weighted by Gasteiger charge is 2.02. The first-order valence-corrected chi connectivity index (χ1v) is 4.80. The molecule has 1 heterocycles. The van der Waals surface area contributed by atoms with Crippen molar-refractivity contribution in [3.63, 3.8) is 0 Å². The van der Waals surface area contributed by atoms with Crippen LogP contribution >= 0.6 is 0 Å². The lowest BCUT2D eigenvalue weighted by atomic mass is 10.1. The van der Waals surface area contributed by atoms with Crippen LogP contribution in [0.1, 0.15) is 5.56 Å². The summed E-state index contributed by atoms with van der Waals surface area (Å²) in [5.41, 5.74) is 0.962. The van der Waals surface area contributed by atoms with Gasteiger partial charge in [0.25, 0.3) is 0 Å². The fraction of sp³-hybridized carbons (Fsp3) is 0.167. The molecule has 0 aliphatic heterocycles. The van der Waals surface area contributed by atoms with Gasteiger partial charge in [0, 0.05) is 11.6 Å². The number of hydrogen-bond acceptors (Lipinski definition) is 4.